The molecule has 1 unspecified atom stereocenters. The molecule has 1 saturated heterocycles. The van der Waals surface area contributed by atoms with Gasteiger partial charge in [-0.3, -0.25) is 9.52 Å². The lowest BCUT2D eigenvalue weighted by Gasteiger charge is -2.50. The minimum Gasteiger partial charge on any atom is -0.490 e. The Labute approximate surface area is 327 Å². The van der Waals surface area contributed by atoms with E-state index in [0.29, 0.717) is 37.6 Å². The van der Waals surface area contributed by atoms with Crippen LogP contribution in [-0.2, 0) is 36.1 Å². The Bertz CT molecular complexity index is 2020. The van der Waals surface area contributed by atoms with Crippen molar-refractivity contribution in [3.05, 3.63) is 58.1 Å². The normalized spacial score (nSPS) is 34.1. The van der Waals surface area contributed by atoms with Crippen LogP contribution in [0.1, 0.15) is 86.7 Å². The maximum atomic E-state index is 14.0. The maximum Gasteiger partial charge on any atom is 0.262 e. The number of nitrogens with zero attached hydrogens (tertiary/aromatic N) is 2. The number of amides is 1. The molecule has 3 heterocycles. The van der Waals surface area contributed by atoms with Crippen molar-refractivity contribution in [1.82, 2.24) is 9.62 Å². The first kappa shape index (κ1) is 39.5. The summed E-state index contributed by atoms with van der Waals surface area (Å²) in [5.74, 6) is 12.5. The lowest BCUT2D eigenvalue weighted by atomic mass is 9.62. The van der Waals surface area contributed by atoms with Crippen LogP contribution in [0, 0.1) is 29.6 Å². The van der Waals surface area contributed by atoms with E-state index in [1.807, 2.05) is 25.1 Å². The summed E-state index contributed by atoms with van der Waals surface area (Å²) in [5.41, 5.74) is 2.93. The summed E-state index contributed by atoms with van der Waals surface area (Å²) in [6.45, 7) is 7.84. The maximum absolute atomic E-state index is 14.0. The van der Waals surface area contributed by atoms with E-state index in [2.05, 4.69) is 51.3 Å². The zero-order valence-corrected chi connectivity index (χ0v) is 34.4. The SMILES string of the molecule is C=S1(=O)NC(=O)c2ccc3c(c2)N(C[C@@H]2CC[C@H]2[C@@](C#CCCN2CCS(=O)(=O)CC2)(OC)CCC[C@H](C)[C@H]1C)C[C@@]1(CCCc2cc(Cl)ccc21)CO3. The van der Waals surface area contributed by atoms with Gasteiger partial charge in [-0.2, -0.15) is 0 Å². The van der Waals surface area contributed by atoms with Crippen molar-refractivity contribution in [1.29, 1.82) is 0 Å². The fourth-order valence-electron chi connectivity index (χ4n) is 9.59. The number of sulfone groups is 1. The molecule has 1 amide bonds. The average Bonchev–Trinajstić information content (AvgIpc) is 3.27. The van der Waals surface area contributed by atoms with Gasteiger partial charge in [-0.25, -0.2) is 12.6 Å². The summed E-state index contributed by atoms with van der Waals surface area (Å²) in [6.07, 6.45) is 8.04. The highest BCUT2D eigenvalue weighted by Gasteiger charge is 2.49. The lowest BCUT2D eigenvalue weighted by Crippen LogP contribution is -2.53. The van der Waals surface area contributed by atoms with Crippen LogP contribution in [0.15, 0.2) is 36.4 Å². The van der Waals surface area contributed by atoms with Crippen molar-refractivity contribution in [2.75, 3.05) is 62.8 Å². The Kier molecular flexibility index (Phi) is 11.4. The van der Waals surface area contributed by atoms with Gasteiger partial charge >= 0.3 is 0 Å². The van der Waals surface area contributed by atoms with Gasteiger partial charge in [0.15, 0.2) is 9.84 Å². The standard InChI is InChI=1S/C42H56ClN3O6S2/c1-30-9-7-19-42(51-3,18-5-6-20-45-21-23-54(49,50)24-22-45)37-14-11-34(37)27-46-28-41(17-8-10-32-25-35(43)13-15-36(32)41)29-52-39-16-12-33(26-38(39)46)40(47)44-53(4,48)31(30)2/h12-13,15-16,25-26,30-31,34,37H,4,6-11,14,17,19-24,27-29H2,1-3H3,(H,44,47,48)/t30-,31+,34-,37+,41-,42-,53?/m0/s1. The summed E-state index contributed by atoms with van der Waals surface area (Å²) >= 11 is 6.50. The molecule has 0 radical (unpaired) electrons. The van der Waals surface area contributed by atoms with Crippen molar-refractivity contribution in [3.8, 4) is 17.6 Å². The molecule has 1 saturated carbocycles. The number of carbonyl (C=O) groups is 1. The zero-order valence-electron chi connectivity index (χ0n) is 32.0. The highest BCUT2D eigenvalue weighted by Crippen LogP contribution is 2.49. The third kappa shape index (κ3) is 8.06. The molecule has 9 nitrogen and oxygen atoms in total. The number of hydrogen-bond acceptors (Lipinski definition) is 8. The van der Waals surface area contributed by atoms with E-state index in [0.717, 1.165) is 87.5 Å². The van der Waals surface area contributed by atoms with Gasteiger partial charge in [0.1, 0.15) is 11.4 Å². The van der Waals surface area contributed by atoms with Gasteiger partial charge in [-0.1, -0.05) is 36.4 Å². The second-order valence-corrected chi connectivity index (χ2v) is 21.7. The topological polar surface area (TPSA) is 105 Å². The number of ether oxygens (including phenoxy) is 2. The molecule has 2 bridgehead atoms. The molecule has 7 atom stereocenters. The van der Waals surface area contributed by atoms with Gasteiger partial charge in [0, 0.05) is 73.4 Å². The third-order valence-electron chi connectivity index (χ3n) is 13.3. The number of nitrogens with one attached hydrogen (secondary N) is 1. The largest absolute Gasteiger partial charge is 0.490 e. The van der Waals surface area contributed by atoms with E-state index < -0.39 is 25.1 Å². The molecule has 54 heavy (non-hydrogen) atoms. The number of carbonyl (C=O) groups excluding carboxylic acids is 1. The number of halogens is 1. The van der Waals surface area contributed by atoms with Crippen LogP contribution in [0.4, 0.5) is 5.69 Å². The van der Waals surface area contributed by atoms with Crippen LogP contribution in [0.3, 0.4) is 0 Å². The molecule has 12 heteroatoms. The molecule has 3 aliphatic heterocycles. The van der Waals surface area contributed by atoms with Crippen LogP contribution in [0.25, 0.3) is 0 Å². The monoisotopic (exact) mass is 797 g/mol. The predicted molar refractivity (Wildman–Crippen MR) is 219 cm³/mol. The first-order valence-corrected chi connectivity index (χ1v) is 23.7. The molecular formula is C42H56ClN3O6S2. The Hall–Kier alpha value is -2.75. The van der Waals surface area contributed by atoms with E-state index in [4.69, 9.17) is 21.1 Å². The molecule has 1 spiro atoms. The molecule has 2 aromatic rings. The van der Waals surface area contributed by atoms with Gasteiger partial charge in [-0.15, -0.1) is 0 Å². The molecule has 1 N–H and O–H groups in total. The predicted octanol–water partition coefficient (Wildman–Crippen LogP) is 5.92. The molecular weight excluding hydrogens is 742 g/mol. The van der Waals surface area contributed by atoms with E-state index in [1.54, 1.807) is 13.2 Å². The number of anilines is 1. The Morgan fingerprint density at radius 1 is 1.06 bits per heavy atom. The first-order valence-electron chi connectivity index (χ1n) is 19.7. The van der Waals surface area contributed by atoms with Crippen LogP contribution in [0.5, 0.6) is 5.75 Å². The minimum absolute atomic E-state index is 0.0404. The number of benzene rings is 2. The Balaban J connectivity index is 1.25. The molecule has 5 aliphatic rings. The van der Waals surface area contributed by atoms with E-state index in [-0.39, 0.29) is 39.9 Å². The van der Waals surface area contributed by atoms with Crippen molar-refractivity contribution in [3.63, 3.8) is 0 Å². The molecule has 294 valence electrons. The number of fused-ring (bicyclic) bond motifs is 4. The molecule has 2 aromatic carbocycles. The second kappa shape index (κ2) is 15.7. The average molecular weight is 799 g/mol. The number of aryl methyl sites for hydroxylation is 1. The van der Waals surface area contributed by atoms with E-state index in [1.165, 1.54) is 11.1 Å². The summed E-state index contributed by atoms with van der Waals surface area (Å²) in [7, 11) is -4.11. The van der Waals surface area contributed by atoms with E-state index >= 15 is 0 Å². The van der Waals surface area contributed by atoms with Crippen LogP contribution in [-0.4, -0.2) is 98.1 Å². The van der Waals surface area contributed by atoms with Crippen LogP contribution in [0.2, 0.25) is 5.02 Å². The van der Waals surface area contributed by atoms with Crippen LogP contribution >= 0.6 is 11.6 Å². The molecule has 2 aliphatic carbocycles. The number of rotatable bonds is 3. The van der Waals surface area contributed by atoms with Crippen molar-refractivity contribution in [2.45, 2.75) is 87.9 Å². The molecule has 2 fully saturated rings. The van der Waals surface area contributed by atoms with Crippen molar-refractivity contribution < 1.29 is 26.9 Å². The lowest BCUT2D eigenvalue weighted by molar-refractivity contribution is -0.0743. The van der Waals surface area contributed by atoms with Gasteiger partial charge in [0.25, 0.3) is 5.91 Å². The Morgan fingerprint density at radius 2 is 1.85 bits per heavy atom. The summed E-state index contributed by atoms with van der Waals surface area (Å²) in [5, 5.41) is 0.399. The molecule has 7 rings (SSSR count). The smallest absolute Gasteiger partial charge is 0.262 e. The summed E-state index contributed by atoms with van der Waals surface area (Å²) in [4.78, 5) is 18.4. The highest BCUT2D eigenvalue weighted by atomic mass is 35.5. The molecule has 0 aromatic heterocycles. The van der Waals surface area contributed by atoms with Gasteiger partial charge in [0.05, 0.1) is 33.5 Å². The number of hydrogen-bond donors (Lipinski definition) is 1. The van der Waals surface area contributed by atoms with Crippen LogP contribution < -0.4 is 14.4 Å². The zero-order chi connectivity index (χ0) is 38.3. The van der Waals surface area contributed by atoms with Crippen molar-refractivity contribution in [2.24, 2.45) is 17.8 Å². The summed E-state index contributed by atoms with van der Waals surface area (Å²) in [6, 6.07) is 11.8. The van der Waals surface area contributed by atoms with Gasteiger partial charge in [0.2, 0.25) is 0 Å². The van der Waals surface area contributed by atoms with Gasteiger partial charge in [-0.05, 0) is 117 Å². The number of methoxy groups -OCH3 is 1. The Morgan fingerprint density at radius 3 is 2.59 bits per heavy atom. The highest BCUT2D eigenvalue weighted by molar-refractivity contribution is 7.99. The summed E-state index contributed by atoms with van der Waals surface area (Å²) < 4.78 is 54.1. The third-order valence-corrected chi connectivity index (χ3v) is 17.3. The second-order valence-electron chi connectivity index (χ2n) is 16.6. The minimum atomic E-state index is -2.97. The van der Waals surface area contributed by atoms with Crippen molar-refractivity contribution >= 4 is 48.6 Å². The fraction of sp³-hybridized carbons (Fsp3) is 0.619. The first-order chi connectivity index (χ1) is 25.7. The fourth-order valence-corrected chi connectivity index (χ4v) is 12.6. The van der Waals surface area contributed by atoms with E-state index in [9.17, 15) is 17.4 Å². The van der Waals surface area contributed by atoms with Gasteiger partial charge < -0.3 is 19.3 Å². The quantitative estimate of drug-likeness (QED) is 0.302.